The molecule has 3 heterocycles. The van der Waals surface area contributed by atoms with Crippen LogP contribution in [0.2, 0.25) is 0 Å². The minimum absolute atomic E-state index is 0.264. The number of thiophene rings is 1. The van der Waals surface area contributed by atoms with Crippen LogP contribution in [0.1, 0.15) is 22.4 Å². The highest BCUT2D eigenvalue weighted by atomic mass is 32.2. The molecule has 0 saturated carbocycles. The van der Waals surface area contributed by atoms with Crippen LogP contribution >= 0.6 is 23.1 Å². The largest absolute Gasteiger partial charge is 0.465 e. The molecule has 0 aromatic carbocycles. The van der Waals surface area contributed by atoms with Gasteiger partial charge in [-0.2, -0.15) is 5.26 Å². The zero-order valence-corrected chi connectivity index (χ0v) is 14.3. The van der Waals surface area contributed by atoms with Crippen LogP contribution in [0.5, 0.6) is 0 Å². The number of carboxylic acid groups (broad SMARTS) is 1. The predicted molar refractivity (Wildman–Crippen MR) is 94.1 cm³/mol. The average Bonchev–Trinajstić information content (AvgIpc) is 3.19. The number of fused-ring (bicyclic) bond motifs is 1. The summed E-state index contributed by atoms with van der Waals surface area (Å²) < 4.78 is 0. The molecule has 2 aliphatic heterocycles. The first-order valence-electron chi connectivity index (χ1n) is 7.40. The van der Waals surface area contributed by atoms with Gasteiger partial charge in [0, 0.05) is 22.7 Å². The molecule has 8 heteroatoms. The number of hydrogen-bond acceptors (Lipinski definition) is 5. The Hall–Kier alpha value is -2.24. The molecule has 1 atom stereocenters. The van der Waals surface area contributed by atoms with Crippen LogP contribution in [0.25, 0.3) is 0 Å². The van der Waals surface area contributed by atoms with E-state index in [-0.39, 0.29) is 17.7 Å². The average molecular weight is 361 g/mol. The van der Waals surface area contributed by atoms with Gasteiger partial charge in [0.05, 0.1) is 12.1 Å². The van der Waals surface area contributed by atoms with Gasteiger partial charge in [0.2, 0.25) is 5.91 Å². The van der Waals surface area contributed by atoms with Crippen LogP contribution in [0, 0.1) is 11.3 Å². The number of carbonyl (C=O) groups excluding carboxylic acids is 1. The van der Waals surface area contributed by atoms with Crippen molar-refractivity contribution in [2.45, 2.75) is 24.6 Å². The van der Waals surface area contributed by atoms with E-state index < -0.39 is 6.09 Å². The van der Waals surface area contributed by atoms with Crippen LogP contribution in [-0.2, 0) is 17.8 Å². The van der Waals surface area contributed by atoms with Crippen molar-refractivity contribution in [3.05, 3.63) is 39.6 Å². The molecule has 0 bridgehead atoms. The molecule has 2 aliphatic rings. The molecule has 0 saturated heterocycles. The van der Waals surface area contributed by atoms with Gasteiger partial charge in [-0.1, -0.05) is 12.2 Å². The second-order valence-corrected chi connectivity index (χ2v) is 7.66. The number of rotatable bonds is 3. The first kappa shape index (κ1) is 16.6. The van der Waals surface area contributed by atoms with E-state index in [2.05, 4.69) is 17.5 Å². The van der Waals surface area contributed by atoms with Crippen LogP contribution in [0.3, 0.4) is 0 Å². The number of nitrogens with one attached hydrogen (secondary N) is 1. The van der Waals surface area contributed by atoms with E-state index in [1.807, 2.05) is 11.5 Å². The molecule has 2 amide bonds. The first-order chi connectivity index (χ1) is 11.6. The lowest BCUT2D eigenvalue weighted by atomic mass is 10.0. The maximum atomic E-state index is 12.1. The maximum Gasteiger partial charge on any atom is 0.407 e. The second-order valence-electron chi connectivity index (χ2n) is 5.40. The Balaban J connectivity index is 1.73. The fourth-order valence-electron chi connectivity index (χ4n) is 2.65. The topological polar surface area (TPSA) is 93.4 Å². The van der Waals surface area contributed by atoms with Crippen LogP contribution in [0.4, 0.5) is 9.80 Å². The summed E-state index contributed by atoms with van der Waals surface area (Å²) in [6.07, 6.45) is 5.85. The van der Waals surface area contributed by atoms with E-state index in [1.165, 1.54) is 22.3 Å². The van der Waals surface area contributed by atoms with Crippen molar-refractivity contribution in [2.24, 2.45) is 0 Å². The van der Waals surface area contributed by atoms with Crippen LogP contribution in [-0.4, -0.2) is 33.8 Å². The quantitative estimate of drug-likeness (QED) is 0.807. The van der Waals surface area contributed by atoms with Gasteiger partial charge in [-0.3, -0.25) is 4.79 Å². The Labute approximate surface area is 147 Å². The third kappa shape index (κ3) is 3.47. The van der Waals surface area contributed by atoms with Gasteiger partial charge in [-0.15, -0.1) is 23.1 Å². The highest BCUT2D eigenvalue weighted by Crippen LogP contribution is 2.36. The molecule has 0 fully saturated rings. The summed E-state index contributed by atoms with van der Waals surface area (Å²) >= 11 is 2.95. The zero-order chi connectivity index (χ0) is 17.1. The zero-order valence-electron chi connectivity index (χ0n) is 12.7. The van der Waals surface area contributed by atoms with Crippen molar-refractivity contribution in [1.82, 2.24) is 4.90 Å². The number of hydrogen-bond donors (Lipinski definition) is 2. The summed E-state index contributed by atoms with van der Waals surface area (Å²) in [4.78, 5) is 25.3. The van der Waals surface area contributed by atoms with Crippen molar-refractivity contribution >= 4 is 40.1 Å². The normalized spacial score (nSPS) is 19.3. The number of allylic oxidation sites excluding steroid dienone is 1. The molecule has 1 aromatic heterocycles. The SMILES string of the molecule is N#Cc1c(NC(=O)/C=C/C2CC=CS2)sc2c1CCN(C(=O)O)C2. The lowest BCUT2D eigenvalue weighted by Gasteiger charge is -2.23. The van der Waals surface area contributed by atoms with Gasteiger partial charge in [-0.25, -0.2) is 4.79 Å². The summed E-state index contributed by atoms with van der Waals surface area (Å²) in [7, 11) is 0. The van der Waals surface area contributed by atoms with E-state index in [4.69, 9.17) is 5.11 Å². The molecular formula is C16H15N3O3S2. The van der Waals surface area contributed by atoms with E-state index in [0.717, 1.165) is 16.9 Å². The lowest BCUT2D eigenvalue weighted by Crippen LogP contribution is -2.34. The smallest absolute Gasteiger partial charge is 0.407 e. The highest BCUT2D eigenvalue weighted by Gasteiger charge is 2.27. The second kappa shape index (κ2) is 7.11. The third-order valence-corrected chi connectivity index (χ3v) is 6.04. The Morgan fingerprint density at radius 2 is 2.33 bits per heavy atom. The fraction of sp³-hybridized carbons (Fsp3) is 0.312. The van der Waals surface area contributed by atoms with Crippen molar-refractivity contribution in [3.8, 4) is 6.07 Å². The van der Waals surface area contributed by atoms with Crippen LogP contribution in [0.15, 0.2) is 23.6 Å². The number of thioether (sulfide) groups is 1. The standard InChI is InChI=1S/C16H15N3O3S2/c17-8-12-11-5-6-19(16(21)22)9-13(11)24-15(12)18-14(20)4-3-10-2-1-7-23-10/h1,3-4,7,10H,2,5-6,9H2,(H,18,20)(H,21,22)/b4-3+. The van der Waals surface area contributed by atoms with Gasteiger partial charge >= 0.3 is 6.09 Å². The number of amides is 2. The van der Waals surface area contributed by atoms with Crippen molar-refractivity contribution in [3.63, 3.8) is 0 Å². The van der Waals surface area contributed by atoms with Gasteiger partial charge < -0.3 is 15.3 Å². The molecule has 2 N–H and O–H groups in total. The van der Waals surface area contributed by atoms with Crippen LogP contribution < -0.4 is 5.32 Å². The van der Waals surface area contributed by atoms with E-state index in [1.54, 1.807) is 11.8 Å². The number of anilines is 1. The molecule has 1 unspecified atom stereocenters. The Morgan fingerprint density at radius 3 is 3.00 bits per heavy atom. The summed E-state index contributed by atoms with van der Waals surface area (Å²) in [6, 6.07) is 2.14. The number of nitrogens with zero attached hydrogens (tertiary/aromatic N) is 2. The molecule has 124 valence electrons. The maximum absolute atomic E-state index is 12.1. The minimum atomic E-state index is -0.969. The molecule has 0 aliphatic carbocycles. The van der Waals surface area contributed by atoms with Gasteiger partial charge in [0.25, 0.3) is 0 Å². The molecule has 24 heavy (non-hydrogen) atoms. The molecule has 0 spiro atoms. The Bertz CT molecular complexity index is 768. The predicted octanol–water partition coefficient (Wildman–Crippen LogP) is 3.17. The van der Waals surface area contributed by atoms with Crippen molar-refractivity contribution in [1.29, 1.82) is 5.26 Å². The van der Waals surface area contributed by atoms with Gasteiger partial charge in [0.15, 0.2) is 0 Å². The summed E-state index contributed by atoms with van der Waals surface area (Å²) in [6.45, 7) is 0.632. The fourth-order valence-corrected chi connectivity index (χ4v) is 4.68. The van der Waals surface area contributed by atoms with E-state index in [0.29, 0.717) is 23.5 Å². The lowest BCUT2D eigenvalue weighted by molar-refractivity contribution is -0.111. The van der Waals surface area contributed by atoms with E-state index in [9.17, 15) is 14.9 Å². The molecule has 0 radical (unpaired) electrons. The third-order valence-electron chi connectivity index (χ3n) is 3.86. The molecule has 3 rings (SSSR count). The highest BCUT2D eigenvalue weighted by molar-refractivity contribution is 8.03. The number of carbonyl (C=O) groups is 2. The van der Waals surface area contributed by atoms with Gasteiger partial charge in [-0.05, 0) is 23.8 Å². The Morgan fingerprint density at radius 1 is 1.50 bits per heavy atom. The first-order valence-corrected chi connectivity index (χ1v) is 9.16. The van der Waals surface area contributed by atoms with Crippen molar-refractivity contribution in [2.75, 3.05) is 11.9 Å². The Kier molecular flexibility index (Phi) is 4.92. The monoisotopic (exact) mass is 361 g/mol. The molecular weight excluding hydrogens is 346 g/mol. The molecule has 6 nitrogen and oxygen atoms in total. The summed E-state index contributed by atoms with van der Waals surface area (Å²) in [5.74, 6) is -0.271. The van der Waals surface area contributed by atoms with Gasteiger partial charge in [0.1, 0.15) is 11.1 Å². The minimum Gasteiger partial charge on any atom is -0.465 e. The molecule has 1 aromatic rings. The van der Waals surface area contributed by atoms with Crippen molar-refractivity contribution < 1.29 is 14.7 Å². The summed E-state index contributed by atoms with van der Waals surface area (Å²) in [5.41, 5.74) is 1.31. The number of nitriles is 1. The van der Waals surface area contributed by atoms with E-state index >= 15 is 0 Å². The summed E-state index contributed by atoms with van der Waals surface area (Å²) in [5, 5.41) is 24.1.